The standard InChI is InChI=1S/C18H17N3O5/c22-17(20-13-1-2-15-16(10-13)26-11-25-15)14-9-12(3-4-19-14)18(23)21-5-7-24-8-6-21/h1-4,9-10H,5-8,11H2,(H,20,22). The van der Waals surface area contributed by atoms with Crippen LogP contribution in [0.1, 0.15) is 20.8 Å². The van der Waals surface area contributed by atoms with Crippen molar-refractivity contribution in [3.8, 4) is 11.5 Å². The summed E-state index contributed by atoms with van der Waals surface area (Å²) in [5, 5.41) is 2.75. The van der Waals surface area contributed by atoms with E-state index in [1.54, 1.807) is 29.2 Å². The monoisotopic (exact) mass is 355 g/mol. The van der Waals surface area contributed by atoms with E-state index in [0.717, 1.165) is 0 Å². The molecule has 1 fully saturated rings. The van der Waals surface area contributed by atoms with Crippen molar-refractivity contribution in [2.45, 2.75) is 0 Å². The lowest BCUT2D eigenvalue weighted by Gasteiger charge is -2.26. The molecule has 0 saturated carbocycles. The van der Waals surface area contributed by atoms with E-state index in [9.17, 15) is 9.59 Å². The Hall–Kier alpha value is -3.13. The van der Waals surface area contributed by atoms with Crippen molar-refractivity contribution in [1.29, 1.82) is 0 Å². The molecule has 1 saturated heterocycles. The molecule has 2 amide bonds. The zero-order valence-corrected chi connectivity index (χ0v) is 13.9. The van der Waals surface area contributed by atoms with E-state index in [0.29, 0.717) is 49.1 Å². The highest BCUT2D eigenvalue weighted by Crippen LogP contribution is 2.34. The van der Waals surface area contributed by atoms with Crippen molar-refractivity contribution in [2.24, 2.45) is 0 Å². The molecule has 0 spiro atoms. The molecule has 0 aliphatic carbocycles. The number of hydrogen-bond acceptors (Lipinski definition) is 6. The number of anilines is 1. The van der Waals surface area contributed by atoms with E-state index in [1.165, 1.54) is 12.3 Å². The van der Waals surface area contributed by atoms with Gasteiger partial charge in [0, 0.05) is 36.6 Å². The quantitative estimate of drug-likeness (QED) is 0.898. The number of rotatable bonds is 3. The van der Waals surface area contributed by atoms with Crippen LogP contribution in [0, 0.1) is 0 Å². The number of fused-ring (bicyclic) bond motifs is 1. The molecule has 0 unspecified atom stereocenters. The minimum Gasteiger partial charge on any atom is -0.454 e. The first kappa shape index (κ1) is 16.3. The molecule has 0 radical (unpaired) electrons. The van der Waals surface area contributed by atoms with Crippen LogP contribution in [-0.4, -0.2) is 54.8 Å². The number of morpholine rings is 1. The zero-order valence-electron chi connectivity index (χ0n) is 13.9. The molecule has 0 atom stereocenters. The van der Waals surface area contributed by atoms with E-state index in [1.807, 2.05) is 0 Å². The summed E-state index contributed by atoms with van der Waals surface area (Å²) in [5.74, 6) is 0.680. The van der Waals surface area contributed by atoms with Gasteiger partial charge in [-0.05, 0) is 24.3 Å². The molecular weight excluding hydrogens is 338 g/mol. The Kier molecular flexibility index (Phi) is 4.40. The molecule has 1 aromatic carbocycles. The molecule has 0 bridgehead atoms. The van der Waals surface area contributed by atoms with Gasteiger partial charge in [-0.2, -0.15) is 0 Å². The van der Waals surface area contributed by atoms with Gasteiger partial charge in [0.15, 0.2) is 11.5 Å². The smallest absolute Gasteiger partial charge is 0.274 e. The van der Waals surface area contributed by atoms with E-state index < -0.39 is 5.91 Å². The number of aromatic nitrogens is 1. The van der Waals surface area contributed by atoms with Gasteiger partial charge in [-0.25, -0.2) is 0 Å². The number of pyridine rings is 1. The van der Waals surface area contributed by atoms with Crippen molar-refractivity contribution in [1.82, 2.24) is 9.88 Å². The average molecular weight is 355 g/mol. The number of nitrogens with one attached hydrogen (secondary N) is 1. The summed E-state index contributed by atoms with van der Waals surface area (Å²) in [5.41, 5.74) is 1.16. The van der Waals surface area contributed by atoms with Crippen molar-refractivity contribution < 1.29 is 23.8 Å². The number of benzene rings is 1. The first-order chi connectivity index (χ1) is 12.7. The van der Waals surface area contributed by atoms with E-state index in [2.05, 4.69) is 10.3 Å². The highest BCUT2D eigenvalue weighted by atomic mass is 16.7. The van der Waals surface area contributed by atoms with Crippen LogP contribution in [0.5, 0.6) is 11.5 Å². The SMILES string of the molecule is O=C(Nc1ccc2c(c1)OCO2)c1cc(C(=O)N2CCOCC2)ccn1. The van der Waals surface area contributed by atoms with Crippen molar-refractivity contribution in [2.75, 3.05) is 38.4 Å². The molecule has 3 heterocycles. The zero-order chi connectivity index (χ0) is 17.9. The average Bonchev–Trinajstić information content (AvgIpc) is 3.16. The molecule has 1 aromatic heterocycles. The van der Waals surface area contributed by atoms with E-state index in [4.69, 9.17) is 14.2 Å². The predicted molar refractivity (Wildman–Crippen MR) is 91.5 cm³/mol. The largest absolute Gasteiger partial charge is 0.454 e. The Balaban J connectivity index is 1.48. The number of nitrogens with zero attached hydrogens (tertiary/aromatic N) is 2. The maximum Gasteiger partial charge on any atom is 0.274 e. The number of carbonyl (C=O) groups is 2. The molecule has 8 heteroatoms. The van der Waals surface area contributed by atoms with Gasteiger partial charge >= 0.3 is 0 Å². The van der Waals surface area contributed by atoms with Crippen LogP contribution in [0.2, 0.25) is 0 Å². The summed E-state index contributed by atoms with van der Waals surface area (Å²) in [6.07, 6.45) is 1.46. The van der Waals surface area contributed by atoms with Crippen LogP contribution >= 0.6 is 0 Å². The lowest BCUT2D eigenvalue weighted by atomic mass is 10.2. The van der Waals surface area contributed by atoms with Gasteiger partial charge in [0.05, 0.1) is 13.2 Å². The number of hydrogen-bond donors (Lipinski definition) is 1. The van der Waals surface area contributed by atoms with Gasteiger partial charge in [0.1, 0.15) is 5.69 Å². The maximum atomic E-state index is 12.5. The second-order valence-electron chi connectivity index (χ2n) is 5.86. The Bertz CT molecular complexity index is 848. The summed E-state index contributed by atoms with van der Waals surface area (Å²) in [4.78, 5) is 30.8. The van der Waals surface area contributed by atoms with Crippen molar-refractivity contribution in [3.63, 3.8) is 0 Å². The Morgan fingerprint density at radius 2 is 1.85 bits per heavy atom. The summed E-state index contributed by atoms with van der Waals surface area (Å²) in [7, 11) is 0. The van der Waals surface area contributed by atoms with Gasteiger partial charge in [0.2, 0.25) is 6.79 Å². The second-order valence-corrected chi connectivity index (χ2v) is 5.86. The van der Waals surface area contributed by atoms with E-state index in [-0.39, 0.29) is 18.4 Å². The number of amides is 2. The van der Waals surface area contributed by atoms with Crippen molar-refractivity contribution >= 4 is 17.5 Å². The summed E-state index contributed by atoms with van der Waals surface area (Å²) in [6, 6.07) is 8.23. The third-order valence-electron chi connectivity index (χ3n) is 4.17. The molecule has 2 aliphatic heterocycles. The molecule has 8 nitrogen and oxygen atoms in total. The lowest BCUT2D eigenvalue weighted by Crippen LogP contribution is -2.40. The molecule has 26 heavy (non-hydrogen) atoms. The van der Waals surface area contributed by atoms with Crippen LogP contribution in [-0.2, 0) is 4.74 Å². The van der Waals surface area contributed by atoms with Crippen LogP contribution < -0.4 is 14.8 Å². The summed E-state index contributed by atoms with van der Waals surface area (Å²) in [6.45, 7) is 2.29. The third kappa shape index (κ3) is 3.31. The predicted octanol–water partition coefficient (Wildman–Crippen LogP) is 1.53. The van der Waals surface area contributed by atoms with Crippen LogP contribution in [0.3, 0.4) is 0 Å². The number of ether oxygens (including phenoxy) is 3. The normalized spacial score (nSPS) is 15.6. The first-order valence-electron chi connectivity index (χ1n) is 8.25. The van der Waals surface area contributed by atoms with Gasteiger partial charge in [-0.3, -0.25) is 14.6 Å². The van der Waals surface area contributed by atoms with Gasteiger partial charge < -0.3 is 24.4 Å². The van der Waals surface area contributed by atoms with Crippen LogP contribution in [0.4, 0.5) is 5.69 Å². The third-order valence-corrected chi connectivity index (χ3v) is 4.17. The van der Waals surface area contributed by atoms with E-state index >= 15 is 0 Å². The molecule has 1 N–H and O–H groups in total. The summed E-state index contributed by atoms with van der Waals surface area (Å²) < 4.78 is 15.8. The maximum absolute atomic E-state index is 12.5. The molecule has 2 aromatic rings. The first-order valence-corrected chi connectivity index (χ1v) is 8.25. The minimum atomic E-state index is -0.402. The van der Waals surface area contributed by atoms with Crippen LogP contribution in [0.15, 0.2) is 36.5 Å². The second kappa shape index (κ2) is 7.01. The highest BCUT2D eigenvalue weighted by molar-refractivity contribution is 6.04. The fraction of sp³-hybridized carbons (Fsp3) is 0.278. The molecule has 2 aliphatic rings. The topological polar surface area (TPSA) is 90.0 Å². The van der Waals surface area contributed by atoms with Crippen molar-refractivity contribution in [3.05, 3.63) is 47.8 Å². The van der Waals surface area contributed by atoms with Crippen LogP contribution in [0.25, 0.3) is 0 Å². The van der Waals surface area contributed by atoms with Gasteiger partial charge in [-0.1, -0.05) is 0 Å². The molecule has 134 valence electrons. The lowest BCUT2D eigenvalue weighted by molar-refractivity contribution is 0.0303. The van der Waals surface area contributed by atoms with Gasteiger partial charge in [0.25, 0.3) is 11.8 Å². The molecular formula is C18H17N3O5. The fourth-order valence-corrected chi connectivity index (χ4v) is 2.81. The number of carbonyl (C=O) groups excluding carboxylic acids is 2. The fourth-order valence-electron chi connectivity index (χ4n) is 2.81. The highest BCUT2D eigenvalue weighted by Gasteiger charge is 2.20. The van der Waals surface area contributed by atoms with Gasteiger partial charge in [-0.15, -0.1) is 0 Å². The minimum absolute atomic E-state index is 0.132. The summed E-state index contributed by atoms with van der Waals surface area (Å²) >= 11 is 0. The Morgan fingerprint density at radius 1 is 1.04 bits per heavy atom. The Labute approximate surface area is 149 Å². The Morgan fingerprint density at radius 3 is 2.69 bits per heavy atom. The molecule has 4 rings (SSSR count).